The Morgan fingerprint density at radius 3 is 2.67 bits per heavy atom. The summed E-state index contributed by atoms with van der Waals surface area (Å²) >= 11 is 5.89. The van der Waals surface area contributed by atoms with Gasteiger partial charge in [0, 0.05) is 24.4 Å². The van der Waals surface area contributed by atoms with Crippen LogP contribution >= 0.6 is 11.6 Å². The highest BCUT2D eigenvalue weighted by Crippen LogP contribution is 2.42. The lowest BCUT2D eigenvalue weighted by molar-refractivity contribution is -0.145. The zero-order chi connectivity index (χ0) is 13.3. The van der Waals surface area contributed by atoms with E-state index in [0.717, 1.165) is 0 Å². The van der Waals surface area contributed by atoms with Crippen molar-refractivity contribution in [3.05, 3.63) is 23.2 Å². The standard InChI is InChI=1S/C12H12ClF2NO2/c1-18-10-3-2-8(4-9(10)13)16-11(17)7-5-12(14,15)6-7/h2-4,7H,5-6H2,1H3,(H,16,17). The van der Waals surface area contributed by atoms with Crippen molar-refractivity contribution < 1.29 is 18.3 Å². The van der Waals surface area contributed by atoms with Crippen molar-refractivity contribution in [1.29, 1.82) is 0 Å². The van der Waals surface area contributed by atoms with Gasteiger partial charge in [-0.1, -0.05) is 11.6 Å². The maximum absolute atomic E-state index is 12.6. The molecule has 0 aliphatic heterocycles. The van der Waals surface area contributed by atoms with E-state index >= 15 is 0 Å². The minimum Gasteiger partial charge on any atom is -0.495 e. The number of hydrogen-bond donors (Lipinski definition) is 1. The van der Waals surface area contributed by atoms with Gasteiger partial charge in [-0.15, -0.1) is 0 Å². The van der Waals surface area contributed by atoms with Crippen molar-refractivity contribution in [2.75, 3.05) is 12.4 Å². The molecule has 18 heavy (non-hydrogen) atoms. The fourth-order valence-corrected chi connectivity index (χ4v) is 2.09. The molecule has 0 atom stereocenters. The van der Waals surface area contributed by atoms with Crippen molar-refractivity contribution in [1.82, 2.24) is 0 Å². The number of carbonyl (C=O) groups excluding carboxylic acids is 1. The molecule has 1 fully saturated rings. The fraction of sp³-hybridized carbons (Fsp3) is 0.417. The lowest BCUT2D eigenvalue weighted by Gasteiger charge is -2.33. The summed E-state index contributed by atoms with van der Waals surface area (Å²) in [5.74, 6) is -3.23. The number of benzene rings is 1. The number of nitrogens with one attached hydrogen (secondary N) is 1. The molecular weight excluding hydrogens is 264 g/mol. The third-order valence-electron chi connectivity index (χ3n) is 2.88. The number of methoxy groups -OCH3 is 1. The van der Waals surface area contributed by atoms with E-state index in [1.807, 2.05) is 0 Å². The Bertz CT molecular complexity index is 471. The van der Waals surface area contributed by atoms with E-state index < -0.39 is 17.7 Å². The van der Waals surface area contributed by atoms with Gasteiger partial charge in [0.1, 0.15) is 5.75 Å². The summed E-state index contributed by atoms with van der Waals surface area (Å²) < 4.78 is 30.2. The van der Waals surface area contributed by atoms with Crippen LogP contribution in [0.1, 0.15) is 12.8 Å². The lowest BCUT2D eigenvalue weighted by atomic mass is 9.81. The Labute approximate surface area is 108 Å². The second-order valence-corrected chi connectivity index (χ2v) is 4.71. The van der Waals surface area contributed by atoms with E-state index in [1.54, 1.807) is 12.1 Å². The molecule has 98 valence electrons. The average Bonchev–Trinajstić information content (AvgIpc) is 2.26. The van der Waals surface area contributed by atoms with E-state index in [2.05, 4.69) is 5.32 Å². The molecule has 1 N–H and O–H groups in total. The molecule has 1 amide bonds. The van der Waals surface area contributed by atoms with Crippen LogP contribution in [0.2, 0.25) is 5.02 Å². The molecule has 1 aliphatic rings. The van der Waals surface area contributed by atoms with Gasteiger partial charge in [0.2, 0.25) is 11.8 Å². The highest BCUT2D eigenvalue weighted by Gasteiger charge is 2.48. The molecule has 1 aromatic rings. The van der Waals surface area contributed by atoms with Crippen LogP contribution in [-0.4, -0.2) is 18.9 Å². The summed E-state index contributed by atoms with van der Waals surface area (Å²) in [5, 5.41) is 2.92. The van der Waals surface area contributed by atoms with Gasteiger partial charge in [-0.3, -0.25) is 4.79 Å². The number of alkyl halides is 2. The van der Waals surface area contributed by atoms with Crippen molar-refractivity contribution >= 4 is 23.2 Å². The van der Waals surface area contributed by atoms with Gasteiger partial charge in [-0.2, -0.15) is 0 Å². The first kappa shape index (κ1) is 13.1. The molecule has 1 aliphatic carbocycles. The minimum atomic E-state index is -2.69. The summed E-state index contributed by atoms with van der Waals surface area (Å²) in [6, 6.07) is 4.74. The van der Waals surface area contributed by atoms with Crippen LogP contribution < -0.4 is 10.1 Å². The van der Waals surface area contributed by atoms with Crippen molar-refractivity contribution in [3.63, 3.8) is 0 Å². The largest absolute Gasteiger partial charge is 0.495 e. The SMILES string of the molecule is COc1ccc(NC(=O)C2CC(F)(F)C2)cc1Cl. The quantitative estimate of drug-likeness (QED) is 0.919. The maximum atomic E-state index is 12.6. The molecular formula is C12H12ClF2NO2. The smallest absolute Gasteiger partial charge is 0.249 e. The molecule has 0 aromatic heterocycles. The molecule has 1 saturated carbocycles. The molecule has 0 unspecified atom stereocenters. The molecule has 3 nitrogen and oxygen atoms in total. The van der Waals surface area contributed by atoms with Crippen LogP contribution in [0.3, 0.4) is 0 Å². The highest BCUT2D eigenvalue weighted by molar-refractivity contribution is 6.32. The number of carbonyl (C=O) groups is 1. The van der Waals surface area contributed by atoms with Crippen molar-refractivity contribution in [2.24, 2.45) is 5.92 Å². The van der Waals surface area contributed by atoms with Gasteiger partial charge >= 0.3 is 0 Å². The molecule has 0 spiro atoms. The minimum absolute atomic E-state index is 0.356. The van der Waals surface area contributed by atoms with Crippen LogP contribution in [-0.2, 0) is 4.79 Å². The Morgan fingerprint density at radius 2 is 2.17 bits per heavy atom. The Balaban J connectivity index is 1.98. The Hall–Kier alpha value is -1.36. The van der Waals surface area contributed by atoms with Gasteiger partial charge in [0.15, 0.2) is 0 Å². The van der Waals surface area contributed by atoms with Crippen molar-refractivity contribution in [3.8, 4) is 5.75 Å². The van der Waals surface area contributed by atoms with Gasteiger partial charge in [0.05, 0.1) is 12.1 Å². The van der Waals surface area contributed by atoms with Crippen molar-refractivity contribution in [2.45, 2.75) is 18.8 Å². The molecule has 0 bridgehead atoms. The first-order valence-corrected chi connectivity index (χ1v) is 5.81. The van der Waals surface area contributed by atoms with E-state index in [1.165, 1.54) is 13.2 Å². The summed E-state index contributed by atoms with van der Waals surface area (Å²) in [6.45, 7) is 0. The summed E-state index contributed by atoms with van der Waals surface area (Å²) in [4.78, 5) is 11.6. The number of amides is 1. The monoisotopic (exact) mass is 275 g/mol. The third-order valence-corrected chi connectivity index (χ3v) is 3.18. The topological polar surface area (TPSA) is 38.3 Å². The Morgan fingerprint density at radius 1 is 1.50 bits per heavy atom. The van der Waals surface area contributed by atoms with Gasteiger partial charge < -0.3 is 10.1 Å². The molecule has 2 rings (SSSR count). The predicted molar refractivity (Wildman–Crippen MR) is 64.3 cm³/mol. The number of halogens is 3. The summed E-state index contributed by atoms with van der Waals surface area (Å²) in [7, 11) is 1.48. The van der Waals surface area contributed by atoms with Gasteiger partial charge in [0.25, 0.3) is 0 Å². The van der Waals surface area contributed by atoms with Crippen LogP contribution in [0.15, 0.2) is 18.2 Å². The van der Waals surface area contributed by atoms with Gasteiger partial charge in [-0.05, 0) is 18.2 Å². The van der Waals surface area contributed by atoms with E-state index in [-0.39, 0.29) is 12.8 Å². The van der Waals surface area contributed by atoms with E-state index in [9.17, 15) is 13.6 Å². The zero-order valence-corrected chi connectivity index (χ0v) is 10.4. The molecule has 6 heteroatoms. The van der Waals surface area contributed by atoms with E-state index in [4.69, 9.17) is 16.3 Å². The van der Waals surface area contributed by atoms with Crippen LogP contribution in [0.25, 0.3) is 0 Å². The second kappa shape index (κ2) is 4.72. The summed E-state index contributed by atoms with van der Waals surface area (Å²) in [6.07, 6.45) is -0.772. The predicted octanol–water partition coefficient (Wildman–Crippen LogP) is 3.33. The van der Waals surface area contributed by atoms with Gasteiger partial charge in [-0.25, -0.2) is 8.78 Å². The van der Waals surface area contributed by atoms with Crippen LogP contribution in [0.5, 0.6) is 5.75 Å². The summed E-state index contributed by atoms with van der Waals surface area (Å²) in [5.41, 5.74) is 0.473. The number of rotatable bonds is 3. The zero-order valence-electron chi connectivity index (χ0n) is 9.67. The number of ether oxygens (including phenoxy) is 1. The molecule has 0 radical (unpaired) electrons. The molecule has 0 heterocycles. The molecule has 0 saturated heterocycles. The highest BCUT2D eigenvalue weighted by atomic mass is 35.5. The maximum Gasteiger partial charge on any atom is 0.249 e. The Kier molecular flexibility index (Phi) is 3.43. The first-order chi connectivity index (χ1) is 8.41. The number of hydrogen-bond acceptors (Lipinski definition) is 2. The van der Waals surface area contributed by atoms with E-state index in [0.29, 0.717) is 16.5 Å². The third kappa shape index (κ3) is 2.72. The van der Waals surface area contributed by atoms with Crippen LogP contribution in [0.4, 0.5) is 14.5 Å². The normalized spacial score (nSPS) is 18.0. The lowest BCUT2D eigenvalue weighted by Crippen LogP contribution is -2.42. The van der Waals surface area contributed by atoms with Crippen LogP contribution in [0, 0.1) is 5.92 Å². The number of anilines is 1. The molecule has 1 aromatic carbocycles. The first-order valence-electron chi connectivity index (χ1n) is 5.43. The second-order valence-electron chi connectivity index (χ2n) is 4.30. The fourth-order valence-electron chi connectivity index (χ4n) is 1.84. The average molecular weight is 276 g/mol.